The van der Waals surface area contributed by atoms with Gasteiger partial charge in [0.2, 0.25) is 0 Å². The van der Waals surface area contributed by atoms with E-state index in [2.05, 4.69) is 5.32 Å². The largest absolute Gasteiger partial charge is 0.463 e. The summed E-state index contributed by atoms with van der Waals surface area (Å²) in [5, 5.41) is 14.0. The summed E-state index contributed by atoms with van der Waals surface area (Å²) >= 11 is 0. The number of hydrogen-bond acceptors (Lipinski definition) is 8. The normalized spacial score (nSPS) is 16.6. The maximum Gasteiger partial charge on any atom is 0.338 e. The van der Waals surface area contributed by atoms with Gasteiger partial charge >= 0.3 is 11.9 Å². The standard InChI is InChI=1S/C18H21N3O6/c1-4-26-17(22)13-10(3)20-16(19)15(18(23)27-5-2)14(13)11-7-6-8-12(9-11)21(24)25/h6-9,14,20H,4-5,19H2,1-3H3. The van der Waals surface area contributed by atoms with E-state index >= 15 is 0 Å². The molecule has 1 aromatic rings. The van der Waals surface area contributed by atoms with E-state index in [1.165, 1.54) is 18.2 Å². The van der Waals surface area contributed by atoms with Crippen LogP contribution in [0, 0.1) is 10.1 Å². The fourth-order valence-electron chi connectivity index (χ4n) is 2.92. The molecular weight excluding hydrogens is 354 g/mol. The SMILES string of the molecule is CCOC(=O)C1=C(C)NC(N)=C(C(=O)OCC)C1c1cccc([N+](=O)[O-])c1. The highest BCUT2D eigenvalue weighted by Crippen LogP contribution is 2.39. The lowest BCUT2D eigenvalue weighted by Gasteiger charge is -2.29. The molecule has 1 unspecified atom stereocenters. The third kappa shape index (κ3) is 4.08. The monoisotopic (exact) mass is 375 g/mol. The highest BCUT2D eigenvalue weighted by atomic mass is 16.6. The lowest BCUT2D eigenvalue weighted by atomic mass is 9.81. The number of nitrogens with one attached hydrogen (secondary N) is 1. The molecule has 1 aliphatic heterocycles. The van der Waals surface area contributed by atoms with E-state index in [-0.39, 0.29) is 35.9 Å². The van der Waals surface area contributed by atoms with Crippen molar-refractivity contribution in [3.63, 3.8) is 0 Å². The highest BCUT2D eigenvalue weighted by molar-refractivity contribution is 5.99. The van der Waals surface area contributed by atoms with Crippen molar-refractivity contribution in [3.8, 4) is 0 Å². The van der Waals surface area contributed by atoms with Crippen LogP contribution in [0.1, 0.15) is 32.3 Å². The van der Waals surface area contributed by atoms with Crippen LogP contribution < -0.4 is 11.1 Å². The predicted molar refractivity (Wildman–Crippen MR) is 96.2 cm³/mol. The van der Waals surface area contributed by atoms with Gasteiger partial charge in [-0.3, -0.25) is 10.1 Å². The number of hydrogen-bond donors (Lipinski definition) is 2. The smallest absolute Gasteiger partial charge is 0.338 e. The van der Waals surface area contributed by atoms with Gasteiger partial charge in [-0.2, -0.15) is 0 Å². The molecule has 1 atom stereocenters. The lowest BCUT2D eigenvalue weighted by Crippen LogP contribution is -2.36. The van der Waals surface area contributed by atoms with Crippen molar-refractivity contribution in [2.45, 2.75) is 26.7 Å². The lowest BCUT2D eigenvalue weighted by molar-refractivity contribution is -0.384. The predicted octanol–water partition coefficient (Wildman–Crippen LogP) is 1.85. The van der Waals surface area contributed by atoms with E-state index in [1.807, 2.05) is 0 Å². The summed E-state index contributed by atoms with van der Waals surface area (Å²) in [7, 11) is 0. The van der Waals surface area contributed by atoms with E-state index in [0.29, 0.717) is 11.3 Å². The van der Waals surface area contributed by atoms with E-state index in [0.717, 1.165) is 0 Å². The van der Waals surface area contributed by atoms with Gasteiger partial charge in [-0.1, -0.05) is 12.1 Å². The van der Waals surface area contributed by atoms with Crippen molar-refractivity contribution in [1.82, 2.24) is 5.32 Å². The van der Waals surface area contributed by atoms with Gasteiger partial charge in [0.1, 0.15) is 5.82 Å². The second-order valence-electron chi connectivity index (χ2n) is 5.72. The zero-order valence-corrected chi connectivity index (χ0v) is 15.3. The highest BCUT2D eigenvalue weighted by Gasteiger charge is 2.38. The Morgan fingerprint density at radius 3 is 2.33 bits per heavy atom. The molecule has 3 N–H and O–H groups in total. The van der Waals surface area contributed by atoms with Crippen molar-refractivity contribution in [3.05, 3.63) is 62.6 Å². The van der Waals surface area contributed by atoms with Crippen LogP contribution in [0.2, 0.25) is 0 Å². The van der Waals surface area contributed by atoms with Crippen molar-refractivity contribution in [2.24, 2.45) is 5.73 Å². The third-order valence-corrected chi connectivity index (χ3v) is 4.00. The first-order chi connectivity index (χ1) is 12.8. The molecular formula is C18H21N3O6. The molecule has 0 bridgehead atoms. The fraction of sp³-hybridized carbons (Fsp3) is 0.333. The zero-order chi connectivity index (χ0) is 20.1. The number of carbonyl (C=O) groups is 2. The number of nitro groups is 1. The first kappa shape index (κ1) is 20.0. The Morgan fingerprint density at radius 1 is 1.19 bits per heavy atom. The molecule has 2 rings (SSSR count). The second kappa shape index (κ2) is 8.35. The Bertz CT molecular complexity index is 803. The number of allylic oxidation sites excluding steroid dienone is 1. The molecule has 1 aliphatic rings. The molecule has 9 nitrogen and oxygen atoms in total. The maximum absolute atomic E-state index is 12.6. The zero-order valence-electron chi connectivity index (χ0n) is 15.3. The van der Waals surface area contributed by atoms with Gasteiger partial charge in [0.15, 0.2) is 0 Å². The minimum Gasteiger partial charge on any atom is -0.463 e. The van der Waals surface area contributed by atoms with Gasteiger partial charge in [0, 0.05) is 17.8 Å². The van der Waals surface area contributed by atoms with Crippen LogP contribution in [0.4, 0.5) is 5.69 Å². The van der Waals surface area contributed by atoms with Crippen molar-refractivity contribution >= 4 is 17.6 Å². The van der Waals surface area contributed by atoms with E-state index in [9.17, 15) is 19.7 Å². The average Bonchev–Trinajstić information content (AvgIpc) is 2.61. The van der Waals surface area contributed by atoms with Crippen LogP contribution in [-0.2, 0) is 19.1 Å². The summed E-state index contributed by atoms with van der Waals surface area (Å²) in [5.41, 5.74) is 6.75. The number of benzene rings is 1. The molecule has 144 valence electrons. The van der Waals surface area contributed by atoms with Crippen molar-refractivity contribution in [2.75, 3.05) is 13.2 Å². The van der Waals surface area contributed by atoms with Gasteiger partial charge in [-0.05, 0) is 26.3 Å². The Balaban J connectivity index is 2.68. The minimum absolute atomic E-state index is 0.00556. The Kier molecular flexibility index (Phi) is 6.17. The number of ether oxygens (including phenoxy) is 2. The van der Waals surface area contributed by atoms with Gasteiger partial charge in [-0.25, -0.2) is 9.59 Å². The van der Waals surface area contributed by atoms with Crippen LogP contribution >= 0.6 is 0 Å². The maximum atomic E-state index is 12.6. The molecule has 1 aromatic carbocycles. The van der Waals surface area contributed by atoms with Gasteiger partial charge in [0.25, 0.3) is 5.69 Å². The molecule has 0 saturated heterocycles. The summed E-state index contributed by atoms with van der Waals surface area (Å²) in [6, 6.07) is 5.69. The van der Waals surface area contributed by atoms with Gasteiger partial charge < -0.3 is 20.5 Å². The summed E-state index contributed by atoms with van der Waals surface area (Å²) in [6.07, 6.45) is 0. The molecule has 0 aromatic heterocycles. The molecule has 27 heavy (non-hydrogen) atoms. The Morgan fingerprint density at radius 2 is 1.78 bits per heavy atom. The van der Waals surface area contributed by atoms with Crippen molar-refractivity contribution in [1.29, 1.82) is 0 Å². The minimum atomic E-state index is -0.954. The number of rotatable bonds is 6. The van der Waals surface area contributed by atoms with E-state index < -0.39 is 22.8 Å². The third-order valence-electron chi connectivity index (χ3n) is 4.00. The quantitative estimate of drug-likeness (QED) is 0.437. The van der Waals surface area contributed by atoms with Crippen molar-refractivity contribution < 1.29 is 24.0 Å². The van der Waals surface area contributed by atoms with Gasteiger partial charge in [-0.15, -0.1) is 0 Å². The molecule has 0 spiro atoms. The molecule has 9 heteroatoms. The van der Waals surface area contributed by atoms with E-state index in [4.69, 9.17) is 15.2 Å². The van der Waals surface area contributed by atoms with Crippen LogP contribution in [0.25, 0.3) is 0 Å². The topological polar surface area (TPSA) is 134 Å². The summed E-state index contributed by atoms with van der Waals surface area (Å²) in [5.74, 6) is -2.29. The number of nitrogens with two attached hydrogens (primary N) is 1. The first-order valence-corrected chi connectivity index (χ1v) is 8.37. The molecule has 0 fully saturated rings. The Hall–Kier alpha value is -3.36. The molecule has 1 heterocycles. The fourth-order valence-corrected chi connectivity index (χ4v) is 2.92. The van der Waals surface area contributed by atoms with Crippen LogP contribution in [0.5, 0.6) is 0 Å². The molecule has 0 radical (unpaired) electrons. The summed E-state index contributed by atoms with van der Waals surface area (Å²) in [6.45, 7) is 5.15. The molecule has 0 aliphatic carbocycles. The summed E-state index contributed by atoms with van der Waals surface area (Å²) in [4.78, 5) is 35.7. The second-order valence-corrected chi connectivity index (χ2v) is 5.72. The number of esters is 2. The number of carbonyl (C=O) groups excluding carboxylic acids is 2. The van der Waals surface area contributed by atoms with Gasteiger partial charge in [0.05, 0.1) is 35.2 Å². The number of nitro benzene ring substituents is 1. The summed E-state index contributed by atoms with van der Waals surface area (Å²) < 4.78 is 10.2. The first-order valence-electron chi connectivity index (χ1n) is 8.37. The van der Waals surface area contributed by atoms with Crippen LogP contribution in [0.3, 0.4) is 0 Å². The molecule has 0 amide bonds. The average molecular weight is 375 g/mol. The number of dihydropyridines is 1. The van der Waals surface area contributed by atoms with Crippen LogP contribution in [-0.4, -0.2) is 30.1 Å². The number of nitrogens with zero attached hydrogens (tertiary/aromatic N) is 1. The number of non-ortho nitro benzene ring substituents is 1. The van der Waals surface area contributed by atoms with Crippen LogP contribution in [0.15, 0.2) is 46.9 Å². The Labute approximate surface area is 156 Å². The van der Waals surface area contributed by atoms with E-state index in [1.54, 1.807) is 26.8 Å². The molecule has 0 saturated carbocycles.